The van der Waals surface area contributed by atoms with E-state index in [4.69, 9.17) is 4.99 Å². The van der Waals surface area contributed by atoms with Crippen molar-refractivity contribution >= 4 is 29.9 Å². The summed E-state index contributed by atoms with van der Waals surface area (Å²) in [6.45, 7) is 9.16. The van der Waals surface area contributed by atoms with Crippen molar-refractivity contribution in [2.75, 3.05) is 26.2 Å². The maximum Gasteiger partial charge on any atom is 0.191 e. The fourth-order valence-electron chi connectivity index (χ4n) is 3.63. The Bertz CT molecular complexity index is 735. The highest BCUT2D eigenvalue weighted by molar-refractivity contribution is 14.0. The van der Waals surface area contributed by atoms with Crippen LogP contribution in [0.2, 0.25) is 0 Å². The highest BCUT2D eigenvalue weighted by Gasteiger charge is 2.22. The first-order valence-corrected chi connectivity index (χ1v) is 10.1. The number of nitrogens with zero attached hydrogens (tertiary/aromatic N) is 3. The van der Waals surface area contributed by atoms with Gasteiger partial charge in [-0.3, -0.25) is 9.88 Å². The Morgan fingerprint density at radius 3 is 2.82 bits per heavy atom. The van der Waals surface area contributed by atoms with Gasteiger partial charge in [0.05, 0.1) is 12.2 Å². The van der Waals surface area contributed by atoms with E-state index in [0.717, 1.165) is 36.9 Å². The molecule has 0 spiro atoms. The van der Waals surface area contributed by atoms with Crippen LogP contribution in [0, 0.1) is 0 Å². The van der Waals surface area contributed by atoms with E-state index >= 15 is 0 Å². The number of guanidine groups is 1. The minimum Gasteiger partial charge on any atom is -0.357 e. The van der Waals surface area contributed by atoms with E-state index in [0.29, 0.717) is 12.6 Å². The van der Waals surface area contributed by atoms with Crippen molar-refractivity contribution in [3.05, 3.63) is 54.2 Å². The van der Waals surface area contributed by atoms with Gasteiger partial charge >= 0.3 is 0 Å². The lowest BCUT2D eigenvalue weighted by atomic mass is 10.1. The lowest BCUT2D eigenvalue weighted by Crippen LogP contribution is -2.44. The molecule has 1 atom stereocenters. The minimum atomic E-state index is 0. The molecule has 1 saturated heterocycles. The predicted octanol–water partition coefficient (Wildman–Crippen LogP) is 3.91. The molecule has 1 aromatic carbocycles. The molecular weight excluding hydrogens is 461 g/mol. The molecule has 3 rings (SSSR count). The average Bonchev–Trinajstić information content (AvgIpc) is 3.18. The summed E-state index contributed by atoms with van der Waals surface area (Å²) in [5.41, 5.74) is 3.31. The molecule has 152 valence electrons. The van der Waals surface area contributed by atoms with Gasteiger partial charge in [0.25, 0.3) is 0 Å². The van der Waals surface area contributed by atoms with Gasteiger partial charge in [-0.2, -0.15) is 0 Å². The minimum absolute atomic E-state index is 0. The molecule has 28 heavy (non-hydrogen) atoms. The number of benzene rings is 1. The quantitative estimate of drug-likeness (QED) is 0.349. The number of nitrogens with one attached hydrogen (secondary N) is 2. The van der Waals surface area contributed by atoms with E-state index in [-0.39, 0.29) is 24.0 Å². The summed E-state index contributed by atoms with van der Waals surface area (Å²) in [6, 6.07) is 15.1. The summed E-state index contributed by atoms with van der Waals surface area (Å²) < 4.78 is 0. The van der Waals surface area contributed by atoms with E-state index in [1.807, 2.05) is 24.4 Å². The van der Waals surface area contributed by atoms with Crippen LogP contribution in [-0.4, -0.2) is 48.1 Å². The van der Waals surface area contributed by atoms with Crippen LogP contribution in [0.4, 0.5) is 0 Å². The standard InChI is InChI=1S/C22H31N5.HI/c1-3-23-22(26-17-20-11-8-14-27(20)4-2)25-16-18-9-7-10-19(15-18)21-12-5-6-13-24-21;/h5-7,9-10,12-13,15,20H,3-4,8,11,14,16-17H2,1-2H3,(H2,23,25,26);1H. The zero-order valence-corrected chi connectivity index (χ0v) is 19.2. The summed E-state index contributed by atoms with van der Waals surface area (Å²) in [7, 11) is 0. The van der Waals surface area contributed by atoms with Gasteiger partial charge in [-0.1, -0.05) is 31.2 Å². The fourth-order valence-corrected chi connectivity index (χ4v) is 3.63. The monoisotopic (exact) mass is 493 g/mol. The smallest absolute Gasteiger partial charge is 0.191 e. The highest BCUT2D eigenvalue weighted by Crippen LogP contribution is 2.18. The SMILES string of the molecule is CCNC(=NCc1cccc(-c2ccccn2)c1)NCC1CCCN1CC.I. The molecule has 6 heteroatoms. The maximum atomic E-state index is 4.79. The van der Waals surface area contributed by atoms with Crippen LogP contribution in [0.3, 0.4) is 0 Å². The van der Waals surface area contributed by atoms with Crippen molar-refractivity contribution in [1.29, 1.82) is 0 Å². The molecule has 1 aliphatic heterocycles. The zero-order chi connectivity index (χ0) is 18.9. The normalized spacial score (nSPS) is 17.2. The Labute approximate surface area is 186 Å². The first kappa shape index (κ1) is 22.6. The first-order valence-electron chi connectivity index (χ1n) is 10.1. The molecule has 1 aromatic heterocycles. The van der Waals surface area contributed by atoms with Gasteiger partial charge in [-0.15, -0.1) is 24.0 Å². The number of hydrogen-bond donors (Lipinski definition) is 2. The molecule has 0 radical (unpaired) electrons. The van der Waals surface area contributed by atoms with E-state index in [9.17, 15) is 0 Å². The summed E-state index contributed by atoms with van der Waals surface area (Å²) >= 11 is 0. The van der Waals surface area contributed by atoms with Gasteiger partial charge in [0.2, 0.25) is 0 Å². The largest absolute Gasteiger partial charge is 0.357 e. The number of hydrogen-bond acceptors (Lipinski definition) is 3. The Morgan fingerprint density at radius 2 is 2.07 bits per heavy atom. The topological polar surface area (TPSA) is 52.6 Å². The summed E-state index contributed by atoms with van der Waals surface area (Å²) in [4.78, 5) is 11.8. The number of aromatic nitrogens is 1. The van der Waals surface area contributed by atoms with Crippen molar-refractivity contribution < 1.29 is 0 Å². The van der Waals surface area contributed by atoms with E-state index in [1.54, 1.807) is 0 Å². The Balaban J connectivity index is 0.00000280. The van der Waals surface area contributed by atoms with Gasteiger partial charge < -0.3 is 10.6 Å². The van der Waals surface area contributed by atoms with Crippen molar-refractivity contribution in [3.63, 3.8) is 0 Å². The van der Waals surface area contributed by atoms with Crippen LogP contribution in [-0.2, 0) is 6.54 Å². The molecule has 2 N–H and O–H groups in total. The van der Waals surface area contributed by atoms with Gasteiger partial charge in [-0.05, 0) is 56.6 Å². The van der Waals surface area contributed by atoms with Crippen LogP contribution < -0.4 is 10.6 Å². The molecule has 1 aliphatic rings. The molecule has 0 amide bonds. The second-order valence-electron chi connectivity index (χ2n) is 6.92. The van der Waals surface area contributed by atoms with Crippen LogP contribution in [0.25, 0.3) is 11.3 Å². The number of aliphatic imine (C=N–C) groups is 1. The number of likely N-dealkylation sites (tertiary alicyclic amines) is 1. The van der Waals surface area contributed by atoms with Crippen molar-refractivity contribution in [2.45, 2.75) is 39.3 Å². The van der Waals surface area contributed by atoms with Gasteiger partial charge in [0, 0.05) is 30.9 Å². The molecule has 2 aromatic rings. The number of halogens is 1. The lowest BCUT2D eigenvalue weighted by molar-refractivity contribution is 0.267. The van der Waals surface area contributed by atoms with E-state index < -0.39 is 0 Å². The predicted molar refractivity (Wildman–Crippen MR) is 128 cm³/mol. The van der Waals surface area contributed by atoms with Crippen molar-refractivity contribution in [2.24, 2.45) is 4.99 Å². The molecular formula is C22H32IN5. The molecule has 2 heterocycles. The number of likely N-dealkylation sites (N-methyl/N-ethyl adjacent to an activating group) is 1. The maximum absolute atomic E-state index is 4.79. The number of rotatable bonds is 7. The Morgan fingerprint density at radius 1 is 1.18 bits per heavy atom. The summed E-state index contributed by atoms with van der Waals surface area (Å²) in [6.07, 6.45) is 4.40. The van der Waals surface area contributed by atoms with Crippen LogP contribution in [0.5, 0.6) is 0 Å². The second-order valence-corrected chi connectivity index (χ2v) is 6.92. The van der Waals surface area contributed by atoms with Gasteiger partial charge in [-0.25, -0.2) is 4.99 Å². The zero-order valence-electron chi connectivity index (χ0n) is 16.9. The molecule has 0 bridgehead atoms. The summed E-state index contributed by atoms with van der Waals surface area (Å²) in [5.74, 6) is 0.892. The molecule has 0 aliphatic carbocycles. The number of pyridine rings is 1. The third-order valence-corrected chi connectivity index (χ3v) is 5.06. The van der Waals surface area contributed by atoms with E-state index in [1.165, 1.54) is 24.9 Å². The molecule has 1 unspecified atom stereocenters. The Kier molecular flexibility index (Phi) is 9.70. The van der Waals surface area contributed by atoms with Crippen LogP contribution >= 0.6 is 24.0 Å². The average molecular weight is 493 g/mol. The first-order chi connectivity index (χ1) is 13.3. The second kappa shape index (κ2) is 12.0. The third kappa shape index (κ3) is 6.44. The molecule has 0 saturated carbocycles. The summed E-state index contributed by atoms with van der Waals surface area (Å²) in [5, 5.41) is 6.89. The van der Waals surface area contributed by atoms with Crippen LogP contribution in [0.1, 0.15) is 32.3 Å². The third-order valence-electron chi connectivity index (χ3n) is 5.06. The van der Waals surface area contributed by atoms with Gasteiger partial charge in [0.1, 0.15) is 0 Å². The van der Waals surface area contributed by atoms with Gasteiger partial charge in [0.15, 0.2) is 5.96 Å². The molecule has 1 fully saturated rings. The Hall–Kier alpha value is -1.67. The van der Waals surface area contributed by atoms with Crippen LogP contribution in [0.15, 0.2) is 53.7 Å². The highest BCUT2D eigenvalue weighted by atomic mass is 127. The fraction of sp³-hybridized carbons (Fsp3) is 0.455. The van der Waals surface area contributed by atoms with E-state index in [2.05, 4.69) is 58.6 Å². The van der Waals surface area contributed by atoms with Crippen molar-refractivity contribution in [1.82, 2.24) is 20.5 Å². The lowest BCUT2D eigenvalue weighted by Gasteiger charge is -2.24. The van der Waals surface area contributed by atoms with Crippen molar-refractivity contribution in [3.8, 4) is 11.3 Å². The molecule has 5 nitrogen and oxygen atoms in total.